The summed E-state index contributed by atoms with van der Waals surface area (Å²) < 4.78 is 15.2. The van der Waals surface area contributed by atoms with Crippen molar-refractivity contribution in [2.24, 2.45) is 0 Å². The summed E-state index contributed by atoms with van der Waals surface area (Å²) in [5.74, 6) is -0.118. The maximum atomic E-state index is 13.3. The Kier molecular flexibility index (Phi) is 3.98. The Hall–Kier alpha value is -2.76. The number of carbonyl (C=O) groups is 1. The molecule has 1 aliphatic carbocycles. The zero-order valence-corrected chi connectivity index (χ0v) is 15.1. The molecule has 1 aromatic carbocycles. The Morgan fingerprint density at radius 2 is 2.08 bits per heavy atom. The number of anilines is 1. The molecule has 2 aromatic heterocycles. The van der Waals surface area contributed by atoms with Crippen LogP contribution in [0.4, 0.5) is 10.1 Å². The highest BCUT2D eigenvalue weighted by Gasteiger charge is 2.28. The number of benzene rings is 1. The number of nitrogens with one attached hydrogen (secondary N) is 1. The van der Waals surface area contributed by atoms with Crippen LogP contribution in [0.1, 0.15) is 60.3 Å². The third kappa shape index (κ3) is 2.96. The summed E-state index contributed by atoms with van der Waals surface area (Å²) in [5.41, 5.74) is 3.54. The Labute approximate surface area is 151 Å². The van der Waals surface area contributed by atoms with Gasteiger partial charge in [0.1, 0.15) is 5.82 Å². The molecular formula is C20H21FN4O. The van der Waals surface area contributed by atoms with Crippen LogP contribution in [0.3, 0.4) is 0 Å². The molecule has 6 heteroatoms. The van der Waals surface area contributed by atoms with Crippen molar-refractivity contribution in [2.45, 2.75) is 45.6 Å². The Morgan fingerprint density at radius 3 is 2.73 bits per heavy atom. The number of hydrogen-bond donors (Lipinski definition) is 1. The van der Waals surface area contributed by atoms with E-state index in [-0.39, 0.29) is 17.8 Å². The lowest BCUT2D eigenvalue weighted by Gasteiger charge is -2.12. The second kappa shape index (κ2) is 6.20. The molecule has 2 heterocycles. The molecular weight excluding hydrogens is 331 g/mol. The molecule has 4 rings (SSSR count). The molecule has 0 bridgehead atoms. The summed E-state index contributed by atoms with van der Waals surface area (Å²) >= 11 is 0. The third-order valence-corrected chi connectivity index (χ3v) is 4.75. The number of halogens is 1. The van der Waals surface area contributed by atoms with Crippen LogP contribution in [-0.4, -0.2) is 20.7 Å². The standard InChI is InChI=1S/C20H21FN4O/c1-11(2)25-19-16(10-22-25)15(9-18(23-19)13-4-5-13)20(26)24-17-7-6-14(21)8-12(17)3/h6-11,13H,4-5H2,1-3H3,(H,24,26). The van der Waals surface area contributed by atoms with Crippen molar-refractivity contribution < 1.29 is 9.18 Å². The van der Waals surface area contributed by atoms with Crippen molar-refractivity contribution in [2.75, 3.05) is 5.32 Å². The zero-order valence-electron chi connectivity index (χ0n) is 15.1. The van der Waals surface area contributed by atoms with Crippen LogP contribution in [0.2, 0.25) is 0 Å². The molecule has 26 heavy (non-hydrogen) atoms. The van der Waals surface area contributed by atoms with E-state index in [1.807, 2.05) is 24.6 Å². The van der Waals surface area contributed by atoms with E-state index in [2.05, 4.69) is 10.4 Å². The summed E-state index contributed by atoms with van der Waals surface area (Å²) in [5, 5.41) is 8.06. The third-order valence-electron chi connectivity index (χ3n) is 4.75. The fourth-order valence-electron chi connectivity index (χ4n) is 3.15. The molecule has 5 nitrogen and oxygen atoms in total. The number of carbonyl (C=O) groups excluding carboxylic acids is 1. The number of amides is 1. The molecule has 0 saturated heterocycles. The summed E-state index contributed by atoms with van der Waals surface area (Å²) in [7, 11) is 0. The molecule has 0 unspecified atom stereocenters. The summed E-state index contributed by atoms with van der Waals surface area (Å²) in [6.07, 6.45) is 3.91. The van der Waals surface area contributed by atoms with E-state index in [0.29, 0.717) is 22.7 Å². The van der Waals surface area contributed by atoms with E-state index in [0.717, 1.165) is 29.6 Å². The van der Waals surface area contributed by atoms with Crippen molar-refractivity contribution in [1.29, 1.82) is 0 Å². The van der Waals surface area contributed by atoms with Crippen LogP contribution in [0.25, 0.3) is 11.0 Å². The lowest BCUT2D eigenvalue weighted by atomic mass is 10.1. The monoisotopic (exact) mass is 352 g/mol. The number of nitrogens with zero attached hydrogens (tertiary/aromatic N) is 3. The minimum absolute atomic E-state index is 0.157. The van der Waals surface area contributed by atoms with E-state index >= 15 is 0 Å². The smallest absolute Gasteiger partial charge is 0.256 e. The Bertz CT molecular complexity index is 1000. The van der Waals surface area contributed by atoms with Crippen LogP contribution in [0, 0.1) is 12.7 Å². The number of pyridine rings is 1. The van der Waals surface area contributed by atoms with Gasteiger partial charge in [-0.1, -0.05) is 0 Å². The van der Waals surface area contributed by atoms with Crippen LogP contribution in [0.15, 0.2) is 30.5 Å². The summed E-state index contributed by atoms with van der Waals surface area (Å²) in [4.78, 5) is 17.7. The molecule has 1 amide bonds. The van der Waals surface area contributed by atoms with Gasteiger partial charge in [0.15, 0.2) is 5.65 Å². The molecule has 1 N–H and O–H groups in total. The summed E-state index contributed by atoms with van der Waals surface area (Å²) in [6.45, 7) is 5.85. The first-order chi connectivity index (χ1) is 12.4. The summed E-state index contributed by atoms with van der Waals surface area (Å²) in [6, 6.07) is 6.37. The predicted octanol–water partition coefficient (Wildman–Crippen LogP) is 4.59. The van der Waals surface area contributed by atoms with Crippen molar-refractivity contribution in [3.8, 4) is 0 Å². The van der Waals surface area contributed by atoms with Gasteiger partial charge in [-0.05, 0) is 63.4 Å². The number of aromatic nitrogens is 3. The number of fused-ring (bicyclic) bond motifs is 1. The van der Waals surface area contributed by atoms with E-state index in [9.17, 15) is 9.18 Å². The molecule has 1 fully saturated rings. The van der Waals surface area contributed by atoms with Gasteiger partial charge in [-0.2, -0.15) is 5.10 Å². The van der Waals surface area contributed by atoms with Gasteiger partial charge in [-0.15, -0.1) is 0 Å². The van der Waals surface area contributed by atoms with Crippen LogP contribution in [-0.2, 0) is 0 Å². The Balaban J connectivity index is 1.78. The molecule has 0 atom stereocenters. The average Bonchev–Trinajstić information content (AvgIpc) is 3.35. The van der Waals surface area contributed by atoms with Crippen molar-refractivity contribution in [3.63, 3.8) is 0 Å². The van der Waals surface area contributed by atoms with E-state index < -0.39 is 0 Å². The highest BCUT2D eigenvalue weighted by molar-refractivity contribution is 6.12. The second-order valence-electron chi connectivity index (χ2n) is 7.20. The fourth-order valence-corrected chi connectivity index (χ4v) is 3.15. The molecule has 0 radical (unpaired) electrons. The minimum Gasteiger partial charge on any atom is -0.322 e. The van der Waals surface area contributed by atoms with Crippen molar-refractivity contribution in [3.05, 3.63) is 53.1 Å². The van der Waals surface area contributed by atoms with E-state index in [4.69, 9.17) is 4.98 Å². The molecule has 1 aliphatic rings. The lowest BCUT2D eigenvalue weighted by molar-refractivity contribution is 0.102. The first kappa shape index (κ1) is 16.7. The lowest BCUT2D eigenvalue weighted by Crippen LogP contribution is -2.14. The fraction of sp³-hybridized carbons (Fsp3) is 0.350. The van der Waals surface area contributed by atoms with Gasteiger partial charge >= 0.3 is 0 Å². The predicted molar refractivity (Wildman–Crippen MR) is 99.0 cm³/mol. The normalized spacial score (nSPS) is 14.2. The average molecular weight is 352 g/mol. The van der Waals surface area contributed by atoms with Crippen LogP contribution >= 0.6 is 0 Å². The molecule has 1 saturated carbocycles. The maximum Gasteiger partial charge on any atom is 0.256 e. The van der Waals surface area contributed by atoms with E-state index in [1.54, 1.807) is 19.2 Å². The molecule has 3 aromatic rings. The van der Waals surface area contributed by atoms with Gasteiger partial charge in [0, 0.05) is 23.3 Å². The van der Waals surface area contributed by atoms with Crippen molar-refractivity contribution in [1.82, 2.24) is 14.8 Å². The zero-order chi connectivity index (χ0) is 18.4. The van der Waals surface area contributed by atoms with Crippen LogP contribution in [0.5, 0.6) is 0 Å². The van der Waals surface area contributed by atoms with Crippen LogP contribution < -0.4 is 5.32 Å². The molecule has 134 valence electrons. The van der Waals surface area contributed by atoms with Crippen molar-refractivity contribution >= 4 is 22.6 Å². The van der Waals surface area contributed by atoms with Gasteiger partial charge < -0.3 is 5.32 Å². The SMILES string of the molecule is Cc1cc(F)ccc1NC(=O)c1cc(C2CC2)nc2c1cnn2C(C)C. The number of aryl methyl sites for hydroxylation is 1. The topological polar surface area (TPSA) is 59.8 Å². The van der Waals surface area contributed by atoms with Gasteiger partial charge in [-0.25, -0.2) is 14.1 Å². The number of hydrogen-bond acceptors (Lipinski definition) is 3. The maximum absolute atomic E-state index is 13.3. The first-order valence-corrected chi connectivity index (χ1v) is 8.89. The first-order valence-electron chi connectivity index (χ1n) is 8.89. The van der Waals surface area contributed by atoms with Gasteiger partial charge in [0.25, 0.3) is 5.91 Å². The van der Waals surface area contributed by atoms with Gasteiger partial charge in [0.2, 0.25) is 0 Å². The highest BCUT2D eigenvalue weighted by atomic mass is 19.1. The number of rotatable bonds is 4. The second-order valence-corrected chi connectivity index (χ2v) is 7.20. The highest BCUT2D eigenvalue weighted by Crippen LogP contribution is 2.40. The minimum atomic E-state index is -0.318. The molecule has 0 spiro atoms. The molecule has 0 aliphatic heterocycles. The Morgan fingerprint density at radius 1 is 1.31 bits per heavy atom. The largest absolute Gasteiger partial charge is 0.322 e. The quantitative estimate of drug-likeness (QED) is 0.747. The van der Waals surface area contributed by atoms with Gasteiger partial charge in [0.05, 0.1) is 17.1 Å². The van der Waals surface area contributed by atoms with Gasteiger partial charge in [-0.3, -0.25) is 4.79 Å². The van der Waals surface area contributed by atoms with E-state index in [1.165, 1.54) is 12.1 Å².